The van der Waals surface area contributed by atoms with E-state index in [0.29, 0.717) is 0 Å². The third-order valence-electron chi connectivity index (χ3n) is 3.40. The van der Waals surface area contributed by atoms with Crippen molar-refractivity contribution in [1.29, 1.82) is 0 Å². The van der Waals surface area contributed by atoms with Gasteiger partial charge in [0.05, 0.1) is 6.54 Å². The van der Waals surface area contributed by atoms with Crippen LogP contribution in [0.1, 0.15) is 18.4 Å². The van der Waals surface area contributed by atoms with Crippen molar-refractivity contribution in [3.8, 4) is 0 Å². The van der Waals surface area contributed by atoms with E-state index in [-0.39, 0.29) is 12.6 Å². The predicted molar refractivity (Wildman–Crippen MR) is 68.7 cm³/mol. The zero-order chi connectivity index (χ0) is 12.8. The van der Waals surface area contributed by atoms with Crippen molar-refractivity contribution >= 4 is 0 Å². The number of piperidine rings is 1. The van der Waals surface area contributed by atoms with Crippen LogP contribution in [-0.2, 0) is 6.54 Å². The lowest BCUT2D eigenvalue weighted by Crippen LogP contribution is -2.43. The molecule has 1 saturated heterocycles. The lowest BCUT2D eigenvalue weighted by atomic mass is 10.0. The highest BCUT2D eigenvalue weighted by Crippen LogP contribution is 2.13. The Morgan fingerprint density at radius 1 is 1.17 bits per heavy atom. The first-order valence-corrected chi connectivity index (χ1v) is 6.52. The summed E-state index contributed by atoms with van der Waals surface area (Å²) < 4.78 is 24.2. The number of rotatable bonds is 5. The first-order chi connectivity index (χ1) is 8.74. The summed E-state index contributed by atoms with van der Waals surface area (Å²) in [6, 6.07) is 10.6. The standard InChI is InChI=1S/C14H20F2N2/c15-14(16)10-17-13-6-8-18(9-7-13)11-12-4-2-1-3-5-12/h1-5,13-14,17H,6-11H2. The van der Waals surface area contributed by atoms with E-state index in [9.17, 15) is 8.78 Å². The maximum atomic E-state index is 12.1. The Bertz CT molecular complexity index is 335. The molecule has 1 aliphatic rings. The molecule has 0 spiro atoms. The summed E-state index contributed by atoms with van der Waals surface area (Å²) in [6.45, 7) is 2.75. The zero-order valence-electron chi connectivity index (χ0n) is 10.5. The molecular weight excluding hydrogens is 234 g/mol. The number of halogens is 2. The van der Waals surface area contributed by atoms with E-state index in [1.54, 1.807) is 0 Å². The second kappa shape index (κ2) is 6.81. The molecule has 0 aliphatic carbocycles. The molecule has 18 heavy (non-hydrogen) atoms. The zero-order valence-corrected chi connectivity index (χ0v) is 10.5. The van der Waals surface area contributed by atoms with Crippen molar-refractivity contribution in [2.45, 2.75) is 31.9 Å². The van der Waals surface area contributed by atoms with Crippen LogP contribution in [0.3, 0.4) is 0 Å². The van der Waals surface area contributed by atoms with E-state index >= 15 is 0 Å². The van der Waals surface area contributed by atoms with Gasteiger partial charge in [0.25, 0.3) is 6.43 Å². The second-order valence-corrected chi connectivity index (χ2v) is 4.84. The monoisotopic (exact) mass is 254 g/mol. The Morgan fingerprint density at radius 3 is 2.44 bits per heavy atom. The van der Waals surface area contributed by atoms with Gasteiger partial charge in [0.1, 0.15) is 0 Å². The molecule has 2 rings (SSSR count). The third kappa shape index (κ3) is 4.35. The van der Waals surface area contributed by atoms with Crippen molar-refractivity contribution in [2.24, 2.45) is 0 Å². The minimum atomic E-state index is -2.24. The van der Waals surface area contributed by atoms with Gasteiger partial charge in [-0.25, -0.2) is 8.78 Å². The summed E-state index contributed by atoms with van der Waals surface area (Å²) in [5, 5.41) is 2.93. The van der Waals surface area contributed by atoms with Gasteiger partial charge < -0.3 is 5.32 Å². The van der Waals surface area contributed by atoms with Crippen LogP contribution in [-0.4, -0.2) is 37.0 Å². The molecule has 0 aromatic heterocycles. The van der Waals surface area contributed by atoms with Crippen molar-refractivity contribution < 1.29 is 8.78 Å². The van der Waals surface area contributed by atoms with Gasteiger partial charge in [-0.05, 0) is 31.5 Å². The molecule has 1 aliphatic heterocycles. The lowest BCUT2D eigenvalue weighted by Gasteiger charge is -2.32. The highest BCUT2D eigenvalue weighted by molar-refractivity contribution is 5.14. The highest BCUT2D eigenvalue weighted by Gasteiger charge is 2.19. The fourth-order valence-corrected chi connectivity index (χ4v) is 2.39. The van der Waals surface area contributed by atoms with Gasteiger partial charge in [-0.1, -0.05) is 30.3 Å². The summed E-state index contributed by atoms with van der Waals surface area (Å²) in [6.07, 6.45) is -0.327. The summed E-state index contributed by atoms with van der Waals surface area (Å²) in [7, 11) is 0. The first-order valence-electron chi connectivity index (χ1n) is 6.52. The summed E-state index contributed by atoms with van der Waals surface area (Å²) in [4.78, 5) is 2.38. The Balaban J connectivity index is 1.70. The Labute approximate surface area is 107 Å². The number of likely N-dealkylation sites (tertiary alicyclic amines) is 1. The van der Waals surface area contributed by atoms with Crippen LogP contribution in [0.4, 0.5) is 8.78 Å². The highest BCUT2D eigenvalue weighted by atomic mass is 19.3. The molecule has 4 heteroatoms. The molecule has 0 radical (unpaired) electrons. The van der Waals surface area contributed by atoms with Gasteiger partial charge in [0, 0.05) is 12.6 Å². The van der Waals surface area contributed by atoms with Crippen LogP contribution in [0.15, 0.2) is 30.3 Å². The Hall–Kier alpha value is -1.00. The number of benzene rings is 1. The van der Waals surface area contributed by atoms with Crippen LogP contribution in [0.25, 0.3) is 0 Å². The largest absolute Gasteiger partial charge is 0.309 e. The van der Waals surface area contributed by atoms with Crippen LogP contribution < -0.4 is 5.32 Å². The van der Waals surface area contributed by atoms with Gasteiger partial charge in [0.2, 0.25) is 0 Å². The lowest BCUT2D eigenvalue weighted by molar-refractivity contribution is 0.128. The smallest absolute Gasteiger partial charge is 0.250 e. The summed E-state index contributed by atoms with van der Waals surface area (Å²) in [5.41, 5.74) is 1.32. The van der Waals surface area contributed by atoms with Crippen molar-refractivity contribution in [3.05, 3.63) is 35.9 Å². The number of alkyl halides is 2. The molecule has 1 aromatic rings. The van der Waals surface area contributed by atoms with Crippen molar-refractivity contribution in [1.82, 2.24) is 10.2 Å². The van der Waals surface area contributed by atoms with E-state index in [0.717, 1.165) is 32.5 Å². The van der Waals surface area contributed by atoms with Crippen LogP contribution in [0, 0.1) is 0 Å². The molecule has 1 fully saturated rings. The third-order valence-corrected chi connectivity index (χ3v) is 3.40. The maximum Gasteiger partial charge on any atom is 0.250 e. The number of hydrogen-bond acceptors (Lipinski definition) is 2. The normalized spacial score (nSPS) is 18.4. The van der Waals surface area contributed by atoms with Crippen LogP contribution >= 0.6 is 0 Å². The summed E-state index contributed by atoms with van der Waals surface area (Å²) in [5.74, 6) is 0. The van der Waals surface area contributed by atoms with E-state index in [4.69, 9.17) is 0 Å². The van der Waals surface area contributed by atoms with E-state index in [1.165, 1.54) is 5.56 Å². The van der Waals surface area contributed by atoms with Crippen molar-refractivity contribution in [3.63, 3.8) is 0 Å². The SMILES string of the molecule is FC(F)CNC1CCN(Cc2ccccc2)CC1. The molecule has 0 atom stereocenters. The molecule has 100 valence electrons. The van der Waals surface area contributed by atoms with Gasteiger partial charge in [-0.3, -0.25) is 4.90 Å². The quantitative estimate of drug-likeness (QED) is 0.868. The fourth-order valence-electron chi connectivity index (χ4n) is 2.39. The topological polar surface area (TPSA) is 15.3 Å². The average Bonchev–Trinajstić information content (AvgIpc) is 2.39. The fraction of sp³-hybridized carbons (Fsp3) is 0.571. The summed E-state index contributed by atoms with van der Waals surface area (Å²) >= 11 is 0. The van der Waals surface area contributed by atoms with E-state index in [1.807, 2.05) is 18.2 Å². The van der Waals surface area contributed by atoms with Gasteiger partial charge >= 0.3 is 0 Å². The van der Waals surface area contributed by atoms with E-state index in [2.05, 4.69) is 22.3 Å². The predicted octanol–water partition coefficient (Wildman–Crippen LogP) is 2.51. The molecule has 1 heterocycles. The first kappa shape index (κ1) is 13.4. The van der Waals surface area contributed by atoms with Crippen molar-refractivity contribution in [2.75, 3.05) is 19.6 Å². The minimum absolute atomic E-state index is 0.177. The molecule has 1 N–H and O–H groups in total. The molecule has 2 nitrogen and oxygen atoms in total. The van der Waals surface area contributed by atoms with Crippen LogP contribution in [0.2, 0.25) is 0 Å². The number of nitrogens with zero attached hydrogens (tertiary/aromatic N) is 1. The molecule has 1 aromatic carbocycles. The second-order valence-electron chi connectivity index (χ2n) is 4.84. The van der Waals surface area contributed by atoms with Gasteiger partial charge in [0.15, 0.2) is 0 Å². The number of nitrogens with one attached hydrogen (secondary N) is 1. The molecular formula is C14H20F2N2. The molecule has 0 bridgehead atoms. The minimum Gasteiger partial charge on any atom is -0.309 e. The van der Waals surface area contributed by atoms with Gasteiger partial charge in [-0.15, -0.1) is 0 Å². The Morgan fingerprint density at radius 2 is 1.83 bits per heavy atom. The average molecular weight is 254 g/mol. The van der Waals surface area contributed by atoms with E-state index < -0.39 is 6.43 Å². The van der Waals surface area contributed by atoms with Crippen LogP contribution in [0.5, 0.6) is 0 Å². The molecule has 0 unspecified atom stereocenters. The molecule has 0 amide bonds. The van der Waals surface area contributed by atoms with Gasteiger partial charge in [-0.2, -0.15) is 0 Å². The maximum absolute atomic E-state index is 12.1. The number of hydrogen-bond donors (Lipinski definition) is 1. The Kier molecular flexibility index (Phi) is 5.08. The molecule has 0 saturated carbocycles.